The van der Waals surface area contributed by atoms with Crippen LogP contribution in [0.3, 0.4) is 0 Å². The lowest BCUT2D eigenvalue weighted by Gasteiger charge is -2.25. The number of hydrogen-bond donors (Lipinski definition) is 4. The number of para-hydroxylation sites is 2. The lowest BCUT2D eigenvalue weighted by atomic mass is 10.1. The van der Waals surface area contributed by atoms with Crippen molar-refractivity contribution in [2.45, 2.75) is 19.3 Å². The van der Waals surface area contributed by atoms with E-state index in [1.54, 1.807) is 73.1 Å². The van der Waals surface area contributed by atoms with Gasteiger partial charge in [-0.3, -0.25) is 9.78 Å². The number of nitrogens with two attached hydrogens (primary N) is 1. The summed E-state index contributed by atoms with van der Waals surface area (Å²) in [6.45, 7) is -0.213. The molecule has 34 heavy (non-hydrogen) atoms. The third-order valence-corrected chi connectivity index (χ3v) is 4.84. The largest absolute Gasteiger partial charge is 0.479 e. The van der Waals surface area contributed by atoms with Gasteiger partial charge in [0.1, 0.15) is 6.61 Å². The van der Waals surface area contributed by atoms with Crippen LogP contribution in [-0.4, -0.2) is 45.8 Å². The van der Waals surface area contributed by atoms with E-state index >= 15 is 0 Å². The maximum atomic E-state index is 13.1. The first-order chi connectivity index (χ1) is 16.3. The Bertz CT molecular complexity index is 1140. The molecule has 1 unspecified atom stereocenters. The van der Waals surface area contributed by atoms with Gasteiger partial charge in [-0.25, -0.2) is 9.59 Å². The van der Waals surface area contributed by atoms with Gasteiger partial charge in [-0.15, -0.1) is 0 Å². The molecule has 2 amide bonds. The van der Waals surface area contributed by atoms with Gasteiger partial charge in [0.25, 0.3) is 5.91 Å². The van der Waals surface area contributed by atoms with Crippen LogP contribution < -0.4 is 16.0 Å². The Hall–Kier alpha value is -4.44. The fraction of sp³-hybridized carbons (Fsp3) is 0.167. The van der Waals surface area contributed by atoms with Crippen molar-refractivity contribution in [3.05, 3.63) is 89.7 Å². The molecule has 1 atom stereocenters. The first kappa shape index (κ1) is 24.2. The van der Waals surface area contributed by atoms with E-state index in [2.05, 4.69) is 10.3 Å². The number of nitrogens with one attached hydrogen (secondary N) is 1. The van der Waals surface area contributed by atoms with Crippen molar-refractivity contribution in [3.8, 4) is 0 Å². The Morgan fingerprint density at radius 1 is 1.03 bits per heavy atom. The molecule has 3 aromatic rings. The Balaban J connectivity index is 1.64. The highest BCUT2D eigenvalue weighted by atomic mass is 16.5. The zero-order valence-corrected chi connectivity index (χ0v) is 18.1. The molecule has 10 nitrogen and oxygen atoms in total. The van der Waals surface area contributed by atoms with E-state index in [4.69, 9.17) is 15.6 Å². The number of aliphatic hydroxyl groups is 1. The zero-order chi connectivity index (χ0) is 24.5. The number of hydrogen-bond acceptors (Lipinski definition) is 7. The molecule has 0 saturated heterocycles. The number of carboxylic acids is 1. The van der Waals surface area contributed by atoms with Crippen molar-refractivity contribution < 1.29 is 29.3 Å². The predicted octanol–water partition coefficient (Wildman–Crippen LogP) is 2.18. The number of carbonyl (C=O) groups excluding carboxylic acids is 2. The highest BCUT2D eigenvalue weighted by Crippen LogP contribution is 2.25. The number of aromatic nitrogens is 1. The normalized spacial score (nSPS) is 11.3. The average Bonchev–Trinajstić information content (AvgIpc) is 2.85. The minimum Gasteiger partial charge on any atom is -0.479 e. The van der Waals surface area contributed by atoms with Gasteiger partial charge in [-0.2, -0.15) is 0 Å². The molecular formula is C24H24N4O6. The molecule has 0 fully saturated rings. The van der Waals surface area contributed by atoms with Crippen LogP contribution >= 0.6 is 0 Å². The van der Waals surface area contributed by atoms with Crippen LogP contribution in [-0.2, 0) is 22.7 Å². The molecule has 0 aliphatic rings. The molecule has 10 heteroatoms. The van der Waals surface area contributed by atoms with Crippen LogP contribution in [0.25, 0.3) is 0 Å². The summed E-state index contributed by atoms with van der Waals surface area (Å²) in [4.78, 5) is 41.2. The maximum absolute atomic E-state index is 13.1. The van der Waals surface area contributed by atoms with Crippen LogP contribution in [0.4, 0.5) is 16.2 Å². The SMILES string of the molecule is Nc1ccccc1N(CC(O)C(=O)O)C(=O)c1ccc(CNC(=O)OCc2cccnc2)cc1. The summed E-state index contributed by atoms with van der Waals surface area (Å²) in [5.41, 5.74) is 8.24. The van der Waals surface area contributed by atoms with Gasteiger partial charge in [-0.1, -0.05) is 30.3 Å². The Morgan fingerprint density at radius 3 is 2.41 bits per heavy atom. The molecule has 0 spiro atoms. The molecular weight excluding hydrogens is 440 g/mol. The second kappa shape index (κ2) is 11.4. The average molecular weight is 464 g/mol. The molecule has 0 saturated carbocycles. The van der Waals surface area contributed by atoms with Crippen LogP contribution in [0.15, 0.2) is 73.1 Å². The number of carbonyl (C=O) groups is 3. The number of anilines is 2. The predicted molar refractivity (Wildman–Crippen MR) is 124 cm³/mol. The summed E-state index contributed by atoms with van der Waals surface area (Å²) < 4.78 is 5.13. The molecule has 0 aliphatic heterocycles. The molecule has 0 aliphatic carbocycles. The summed E-state index contributed by atoms with van der Waals surface area (Å²) in [7, 11) is 0. The fourth-order valence-electron chi connectivity index (χ4n) is 3.05. The van der Waals surface area contributed by atoms with Gasteiger partial charge in [0.2, 0.25) is 0 Å². The van der Waals surface area contributed by atoms with Crippen molar-refractivity contribution in [3.63, 3.8) is 0 Å². The van der Waals surface area contributed by atoms with E-state index in [0.29, 0.717) is 5.56 Å². The van der Waals surface area contributed by atoms with E-state index in [0.717, 1.165) is 10.5 Å². The quantitative estimate of drug-likeness (QED) is 0.351. The third kappa shape index (κ3) is 6.53. The number of benzene rings is 2. The first-order valence-corrected chi connectivity index (χ1v) is 10.3. The zero-order valence-electron chi connectivity index (χ0n) is 18.1. The monoisotopic (exact) mass is 464 g/mol. The van der Waals surface area contributed by atoms with Crippen molar-refractivity contribution in [1.82, 2.24) is 10.3 Å². The number of nitrogens with zero attached hydrogens (tertiary/aromatic N) is 2. The summed E-state index contributed by atoms with van der Waals surface area (Å²) in [6.07, 6.45) is 0.840. The summed E-state index contributed by atoms with van der Waals surface area (Å²) in [5, 5.41) is 21.5. The third-order valence-electron chi connectivity index (χ3n) is 4.84. The molecule has 0 bridgehead atoms. The van der Waals surface area contributed by atoms with Gasteiger partial charge in [-0.05, 0) is 35.9 Å². The van der Waals surface area contributed by atoms with E-state index in [1.807, 2.05) is 0 Å². The van der Waals surface area contributed by atoms with Gasteiger partial charge < -0.3 is 30.9 Å². The highest BCUT2D eigenvalue weighted by molar-refractivity contribution is 6.08. The second-order valence-corrected chi connectivity index (χ2v) is 7.32. The lowest BCUT2D eigenvalue weighted by Crippen LogP contribution is -2.41. The van der Waals surface area contributed by atoms with Crippen molar-refractivity contribution in [2.24, 2.45) is 0 Å². The van der Waals surface area contributed by atoms with Crippen LogP contribution in [0.2, 0.25) is 0 Å². The minimum atomic E-state index is -1.79. The van der Waals surface area contributed by atoms with E-state index < -0.39 is 30.6 Å². The van der Waals surface area contributed by atoms with E-state index in [-0.39, 0.29) is 30.1 Å². The fourth-order valence-corrected chi connectivity index (χ4v) is 3.05. The van der Waals surface area contributed by atoms with Gasteiger partial charge in [0.15, 0.2) is 6.10 Å². The summed E-state index contributed by atoms with van der Waals surface area (Å²) >= 11 is 0. The summed E-state index contributed by atoms with van der Waals surface area (Å²) in [5.74, 6) is -1.99. The lowest BCUT2D eigenvalue weighted by molar-refractivity contribution is -0.145. The van der Waals surface area contributed by atoms with Crippen LogP contribution in [0.1, 0.15) is 21.5 Å². The standard InChI is InChI=1S/C24H24N4O6/c25-19-5-1-2-6-20(19)28(14-21(29)23(31)32)22(30)18-9-7-16(8-10-18)13-27-24(33)34-15-17-4-3-11-26-12-17/h1-12,21,29H,13-15,25H2,(H,27,33)(H,31,32). The Labute approximate surface area is 195 Å². The Kier molecular flexibility index (Phi) is 8.14. The number of amides is 2. The molecule has 0 radical (unpaired) electrons. The number of ether oxygens (including phenoxy) is 1. The smallest absolute Gasteiger partial charge is 0.407 e. The molecule has 2 aromatic carbocycles. The number of aliphatic carboxylic acids is 1. The van der Waals surface area contributed by atoms with Gasteiger partial charge in [0.05, 0.1) is 17.9 Å². The second-order valence-electron chi connectivity index (χ2n) is 7.32. The van der Waals surface area contributed by atoms with E-state index in [1.165, 1.54) is 0 Å². The van der Waals surface area contributed by atoms with Crippen molar-refractivity contribution >= 4 is 29.3 Å². The van der Waals surface area contributed by atoms with E-state index in [9.17, 15) is 19.5 Å². The number of aliphatic hydroxyl groups excluding tert-OH is 1. The van der Waals surface area contributed by atoms with Crippen molar-refractivity contribution in [2.75, 3.05) is 17.2 Å². The molecule has 5 N–H and O–H groups in total. The number of nitrogen functional groups attached to an aromatic ring is 1. The first-order valence-electron chi connectivity index (χ1n) is 10.3. The molecule has 1 heterocycles. The van der Waals surface area contributed by atoms with Gasteiger partial charge in [0, 0.05) is 30.1 Å². The number of alkyl carbamates (subject to hydrolysis) is 1. The molecule has 3 rings (SSSR count). The topological polar surface area (TPSA) is 155 Å². The number of pyridine rings is 1. The minimum absolute atomic E-state index is 0.0910. The van der Waals surface area contributed by atoms with Gasteiger partial charge >= 0.3 is 12.1 Å². The van der Waals surface area contributed by atoms with Crippen LogP contribution in [0, 0.1) is 0 Å². The number of carboxylic acid groups (broad SMARTS) is 1. The van der Waals surface area contributed by atoms with Crippen LogP contribution in [0.5, 0.6) is 0 Å². The number of rotatable bonds is 9. The highest BCUT2D eigenvalue weighted by Gasteiger charge is 2.25. The molecule has 1 aromatic heterocycles. The summed E-state index contributed by atoms with van der Waals surface area (Å²) in [6, 6.07) is 16.4. The maximum Gasteiger partial charge on any atom is 0.407 e. The Morgan fingerprint density at radius 2 is 1.76 bits per heavy atom. The van der Waals surface area contributed by atoms with Crippen molar-refractivity contribution in [1.29, 1.82) is 0 Å². The molecule has 176 valence electrons.